The molecule has 2 aromatic heterocycles. The summed E-state index contributed by atoms with van der Waals surface area (Å²) in [6.45, 7) is 7.83. The van der Waals surface area contributed by atoms with Crippen LogP contribution in [0.1, 0.15) is 31.0 Å². The van der Waals surface area contributed by atoms with Crippen LogP contribution in [0.15, 0.2) is 46.2 Å². The van der Waals surface area contributed by atoms with Crippen molar-refractivity contribution in [3.63, 3.8) is 0 Å². The SMILES string of the molecule is Cc1ccnc(C(C)C)c1-n1c(=O)c(S(C)(=O)=O)c(N2C[C@H]3CNC[C@H]3C2)c2cc(Cl)c(-c3c(O)cccc3F)c(F)c21. The van der Waals surface area contributed by atoms with E-state index in [9.17, 15) is 18.3 Å². The van der Waals surface area contributed by atoms with Crippen LogP contribution in [0.3, 0.4) is 0 Å². The second-order valence-corrected chi connectivity index (χ2v) is 14.1. The van der Waals surface area contributed by atoms with Gasteiger partial charge in [0.1, 0.15) is 11.6 Å². The van der Waals surface area contributed by atoms with Crippen LogP contribution >= 0.6 is 11.6 Å². The molecule has 0 unspecified atom stereocenters. The van der Waals surface area contributed by atoms with Crippen LogP contribution in [0.5, 0.6) is 5.75 Å². The van der Waals surface area contributed by atoms with Crippen molar-refractivity contribution in [2.45, 2.75) is 31.6 Å². The Kier molecular flexibility index (Phi) is 7.26. The molecule has 226 valence electrons. The van der Waals surface area contributed by atoms with Gasteiger partial charge in [0, 0.05) is 49.6 Å². The highest BCUT2D eigenvalue weighted by Crippen LogP contribution is 2.46. The number of pyridine rings is 2. The zero-order chi connectivity index (χ0) is 31.0. The number of phenols is 1. The zero-order valence-corrected chi connectivity index (χ0v) is 25.7. The lowest BCUT2D eigenvalue weighted by molar-refractivity contribution is 0.471. The van der Waals surface area contributed by atoms with Crippen LogP contribution in [0.25, 0.3) is 27.7 Å². The average Bonchev–Trinajstić information content (AvgIpc) is 3.52. The molecule has 43 heavy (non-hydrogen) atoms. The molecule has 4 heterocycles. The number of nitrogens with zero attached hydrogens (tertiary/aromatic N) is 3. The molecule has 2 fully saturated rings. The predicted octanol–water partition coefficient (Wildman–Crippen LogP) is 5.18. The molecule has 0 spiro atoms. The number of phenolic OH excluding ortho intramolecular Hbond substituents is 1. The van der Waals surface area contributed by atoms with Crippen molar-refractivity contribution >= 4 is 38.0 Å². The number of sulfone groups is 1. The highest BCUT2D eigenvalue weighted by atomic mass is 35.5. The van der Waals surface area contributed by atoms with Crippen molar-refractivity contribution in [2.75, 3.05) is 37.3 Å². The number of nitrogens with one attached hydrogen (secondary N) is 1. The van der Waals surface area contributed by atoms with E-state index < -0.39 is 48.8 Å². The lowest BCUT2D eigenvalue weighted by Crippen LogP contribution is -2.33. The van der Waals surface area contributed by atoms with Crippen molar-refractivity contribution in [3.8, 4) is 22.6 Å². The van der Waals surface area contributed by atoms with Gasteiger partial charge in [0.15, 0.2) is 20.5 Å². The monoisotopic (exact) mass is 628 g/mol. The minimum atomic E-state index is -4.17. The maximum Gasteiger partial charge on any atom is 0.276 e. The topological polar surface area (TPSA) is 105 Å². The number of fused-ring (bicyclic) bond motifs is 2. The number of halogens is 3. The van der Waals surface area contributed by atoms with Crippen molar-refractivity contribution < 1.29 is 22.3 Å². The molecule has 0 bridgehead atoms. The molecule has 2 aromatic carbocycles. The van der Waals surface area contributed by atoms with Crippen LogP contribution in [-0.2, 0) is 9.84 Å². The summed E-state index contributed by atoms with van der Waals surface area (Å²) < 4.78 is 60.3. The van der Waals surface area contributed by atoms with Crippen molar-refractivity contribution in [1.82, 2.24) is 14.9 Å². The van der Waals surface area contributed by atoms with Gasteiger partial charge in [-0.2, -0.15) is 0 Å². The Morgan fingerprint density at radius 3 is 2.37 bits per heavy atom. The third-order valence-corrected chi connectivity index (χ3v) is 9.93. The number of anilines is 1. The average molecular weight is 629 g/mol. The Hall–Kier alpha value is -3.54. The molecule has 0 aliphatic carbocycles. The Bertz CT molecular complexity index is 1950. The summed E-state index contributed by atoms with van der Waals surface area (Å²) in [4.78, 5) is 20.4. The molecule has 2 saturated heterocycles. The van der Waals surface area contributed by atoms with Gasteiger partial charge in [-0.05, 0) is 54.5 Å². The summed E-state index contributed by atoms with van der Waals surface area (Å²) in [6.07, 6.45) is 2.53. The van der Waals surface area contributed by atoms with E-state index in [2.05, 4.69) is 10.3 Å². The molecule has 0 radical (unpaired) electrons. The van der Waals surface area contributed by atoms with E-state index >= 15 is 8.78 Å². The number of aryl methyl sites for hydroxylation is 1. The third-order valence-electron chi connectivity index (χ3n) is 8.53. The Labute approximate surface area is 252 Å². The van der Waals surface area contributed by atoms with E-state index in [0.717, 1.165) is 30.0 Å². The number of hydrogen-bond donors (Lipinski definition) is 2. The molecule has 0 saturated carbocycles. The predicted molar refractivity (Wildman–Crippen MR) is 163 cm³/mol. The molecule has 2 N–H and O–H groups in total. The molecule has 2 aliphatic heterocycles. The Morgan fingerprint density at radius 2 is 1.77 bits per heavy atom. The molecular weight excluding hydrogens is 598 g/mol. The van der Waals surface area contributed by atoms with Crippen LogP contribution in [0.2, 0.25) is 5.02 Å². The summed E-state index contributed by atoms with van der Waals surface area (Å²) >= 11 is 6.68. The lowest BCUT2D eigenvalue weighted by atomic mass is 9.98. The minimum Gasteiger partial charge on any atom is -0.507 e. The first kappa shape index (κ1) is 29.5. The van der Waals surface area contributed by atoms with Gasteiger partial charge >= 0.3 is 0 Å². The van der Waals surface area contributed by atoms with Crippen molar-refractivity contribution in [3.05, 3.63) is 74.8 Å². The van der Waals surface area contributed by atoms with E-state index in [1.165, 1.54) is 18.2 Å². The molecule has 12 heteroatoms. The number of aromatic hydroxyl groups is 1. The molecule has 0 amide bonds. The fourth-order valence-electron chi connectivity index (χ4n) is 6.61. The maximum atomic E-state index is 17.2. The molecule has 4 aromatic rings. The quantitative estimate of drug-likeness (QED) is 0.314. The second-order valence-electron chi connectivity index (χ2n) is 11.8. The lowest BCUT2D eigenvalue weighted by Gasteiger charge is -2.28. The maximum absolute atomic E-state index is 17.2. The number of hydrogen-bond acceptors (Lipinski definition) is 7. The fourth-order valence-corrected chi connectivity index (χ4v) is 7.89. The summed E-state index contributed by atoms with van der Waals surface area (Å²) in [5.41, 5.74) is -0.810. The van der Waals surface area contributed by atoms with E-state index in [4.69, 9.17) is 11.6 Å². The second kappa shape index (κ2) is 10.6. The first-order valence-electron chi connectivity index (χ1n) is 14.0. The van der Waals surface area contributed by atoms with E-state index in [1.54, 1.807) is 19.2 Å². The van der Waals surface area contributed by atoms with Gasteiger partial charge in [0.2, 0.25) is 0 Å². The van der Waals surface area contributed by atoms with E-state index in [1.807, 2.05) is 18.7 Å². The normalized spacial score (nSPS) is 18.7. The minimum absolute atomic E-state index is 0.0749. The first-order valence-corrected chi connectivity index (χ1v) is 16.3. The van der Waals surface area contributed by atoms with Gasteiger partial charge in [-0.1, -0.05) is 31.5 Å². The summed E-state index contributed by atoms with van der Waals surface area (Å²) in [5.74, 6) is -2.32. The summed E-state index contributed by atoms with van der Waals surface area (Å²) in [6, 6.07) is 6.58. The van der Waals surface area contributed by atoms with Crippen molar-refractivity contribution in [1.29, 1.82) is 0 Å². The van der Waals surface area contributed by atoms with Gasteiger partial charge in [-0.25, -0.2) is 17.2 Å². The highest BCUT2D eigenvalue weighted by Gasteiger charge is 2.40. The van der Waals surface area contributed by atoms with Gasteiger partial charge in [-0.3, -0.25) is 14.3 Å². The number of benzene rings is 2. The molecule has 2 aliphatic rings. The van der Waals surface area contributed by atoms with Gasteiger partial charge in [-0.15, -0.1) is 0 Å². The van der Waals surface area contributed by atoms with Crippen LogP contribution in [-0.4, -0.2) is 55.5 Å². The highest BCUT2D eigenvalue weighted by molar-refractivity contribution is 7.90. The number of rotatable bonds is 5. The molecule has 6 rings (SSSR count). The molecule has 8 nitrogen and oxygen atoms in total. The Morgan fingerprint density at radius 1 is 1.09 bits per heavy atom. The van der Waals surface area contributed by atoms with Gasteiger partial charge in [0.25, 0.3) is 5.56 Å². The number of aromatic nitrogens is 2. The summed E-state index contributed by atoms with van der Waals surface area (Å²) in [5, 5.41) is 13.8. The van der Waals surface area contributed by atoms with Crippen molar-refractivity contribution in [2.24, 2.45) is 11.8 Å². The Balaban J connectivity index is 1.85. The standard InChI is InChI=1S/C31H31ClF2N4O4S/c1-15(2)26-27(16(3)8-9-36-26)38-28-19(10-20(32)23(25(28)34)24-21(33)6-5-7-22(24)39)29(30(31(38)40)43(4,41)42)37-13-17-11-35-12-18(17)14-37/h5-10,15,17-18,35,39H,11-14H2,1-4H3/t17-,18+. The summed E-state index contributed by atoms with van der Waals surface area (Å²) in [7, 11) is -4.17. The van der Waals surface area contributed by atoms with E-state index in [0.29, 0.717) is 24.3 Å². The fraction of sp³-hybridized carbons (Fsp3) is 0.355. The van der Waals surface area contributed by atoms with Crippen LogP contribution in [0.4, 0.5) is 14.5 Å². The van der Waals surface area contributed by atoms with Crippen LogP contribution in [0, 0.1) is 30.4 Å². The van der Waals surface area contributed by atoms with Gasteiger partial charge < -0.3 is 15.3 Å². The first-order chi connectivity index (χ1) is 20.3. The van der Waals surface area contributed by atoms with E-state index in [-0.39, 0.29) is 45.1 Å². The molecular formula is C31H31ClF2N4O4S. The van der Waals surface area contributed by atoms with Crippen LogP contribution < -0.4 is 15.8 Å². The van der Waals surface area contributed by atoms with Gasteiger partial charge in [0.05, 0.1) is 33.2 Å². The molecule has 2 atom stereocenters. The smallest absolute Gasteiger partial charge is 0.276 e. The zero-order valence-electron chi connectivity index (χ0n) is 24.1. The largest absolute Gasteiger partial charge is 0.507 e. The third kappa shape index (κ3) is 4.69.